The Morgan fingerprint density at radius 1 is 1.25 bits per heavy atom. The van der Waals surface area contributed by atoms with Crippen LogP contribution in [0.4, 0.5) is 0 Å². The first kappa shape index (κ1) is 13.1. The van der Waals surface area contributed by atoms with Gasteiger partial charge in [-0.25, -0.2) is 15.0 Å². The molecule has 0 amide bonds. The molecular formula is C14H16ClN5. The van der Waals surface area contributed by atoms with Gasteiger partial charge in [0.1, 0.15) is 11.3 Å². The number of nitrogens with zero attached hydrogens (tertiary/aromatic N) is 5. The van der Waals surface area contributed by atoms with Crippen molar-refractivity contribution in [2.45, 2.75) is 32.3 Å². The van der Waals surface area contributed by atoms with Crippen molar-refractivity contribution in [3.8, 4) is 0 Å². The molecule has 0 spiro atoms. The van der Waals surface area contributed by atoms with Crippen molar-refractivity contribution in [3.63, 3.8) is 0 Å². The van der Waals surface area contributed by atoms with Crippen LogP contribution in [0.15, 0.2) is 30.9 Å². The topological polar surface area (TPSA) is 48.5 Å². The lowest BCUT2D eigenvalue weighted by Gasteiger charge is -2.10. The molecule has 0 aliphatic carbocycles. The Bertz CT molecular complexity index is 715. The summed E-state index contributed by atoms with van der Waals surface area (Å²) in [6.07, 6.45) is 5.53. The molecule has 3 rings (SSSR count). The first-order valence-electron chi connectivity index (χ1n) is 6.59. The van der Waals surface area contributed by atoms with E-state index in [0.29, 0.717) is 0 Å². The van der Waals surface area contributed by atoms with Gasteiger partial charge in [-0.05, 0) is 26.0 Å². The largest absolute Gasteiger partial charge is 0.336 e. The number of hydrogen-bond acceptors (Lipinski definition) is 3. The summed E-state index contributed by atoms with van der Waals surface area (Å²) in [6, 6.07) is 3.96. The molecule has 0 N–H and O–H groups in total. The van der Waals surface area contributed by atoms with Gasteiger partial charge >= 0.3 is 0 Å². The third-order valence-corrected chi connectivity index (χ3v) is 3.45. The molecular weight excluding hydrogens is 274 g/mol. The Morgan fingerprint density at radius 3 is 2.80 bits per heavy atom. The number of fused-ring (bicyclic) bond motifs is 1. The summed E-state index contributed by atoms with van der Waals surface area (Å²) in [5, 5.41) is -0.146. The molecule has 0 aliphatic heterocycles. The number of hydrogen-bond donors (Lipinski definition) is 0. The number of alkyl halides is 1. The predicted octanol–water partition coefficient (Wildman–Crippen LogP) is 2.94. The Morgan fingerprint density at radius 2 is 2.10 bits per heavy atom. The highest BCUT2D eigenvalue weighted by atomic mass is 35.5. The molecule has 0 aromatic carbocycles. The number of imidazole rings is 2. The second-order valence-electron chi connectivity index (χ2n) is 4.83. The van der Waals surface area contributed by atoms with Crippen LogP contribution in [-0.2, 0) is 13.1 Å². The van der Waals surface area contributed by atoms with E-state index >= 15 is 0 Å². The van der Waals surface area contributed by atoms with Gasteiger partial charge in [-0.1, -0.05) is 0 Å². The number of aryl methyl sites for hydroxylation is 3. The van der Waals surface area contributed by atoms with E-state index in [1.54, 1.807) is 6.20 Å². The summed E-state index contributed by atoms with van der Waals surface area (Å²) in [4.78, 5) is 13.2. The zero-order valence-corrected chi connectivity index (χ0v) is 12.2. The molecule has 20 heavy (non-hydrogen) atoms. The minimum Gasteiger partial charge on any atom is -0.336 e. The van der Waals surface area contributed by atoms with Crippen molar-refractivity contribution >= 4 is 22.8 Å². The molecule has 3 aromatic heterocycles. The van der Waals surface area contributed by atoms with Crippen LogP contribution in [0.5, 0.6) is 0 Å². The van der Waals surface area contributed by atoms with E-state index in [4.69, 9.17) is 11.6 Å². The monoisotopic (exact) mass is 289 g/mol. The van der Waals surface area contributed by atoms with Crippen LogP contribution in [0, 0.1) is 6.92 Å². The maximum absolute atomic E-state index is 6.25. The quantitative estimate of drug-likeness (QED) is 0.694. The van der Waals surface area contributed by atoms with Crippen molar-refractivity contribution < 1.29 is 0 Å². The fourth-order valence-corrected chi connectivity index (χ4v) is 2.44. The Kier molecular flexibility index (Phi) is 3.44. The smallest absolute Gasteiger partial charge is 0.160 e. The van der Waals surface area contributed by atoms with Crippen molar-refractivity contribution in [1.29, 1.82) is 0 Å². The molecule has 0 aliphatic rings. The average Bonchev–Trinajstić information content (AvgIpc) is 3.03. The van der Waals surface area contributed by atoms with E-state index in [1.807, 2.05) is 43.1 Å². The highest BCUT2D eigenvalue weighted by molar-refractivity contribution is 6.20. The summed E-state index contributed by atoms with van der Waals surface area (Å²) in [7, 11) is 0. The number of rotatable bonds is 4. The van der Waals surface area contributed by atoms with E-state index in [-0.39, 0.29) is 5.38 Å². The van der Waals surface area contributed by atoms with Gasteiger partial charge in [0.15, 0.2) is 5.65 Å². The van der Waals surface area contributed by atoms with Crippen LogP contribution in [-0.4, -0.2) is 24.1 Å². The molecule has 1 unspecified atom stereocenters. The lowest BCUT2D eigenvalue weighted by molar-refractivity contribution is 0.566. The standard InChI is InChI=1S/C14H16ClN5/c1-10-3-4-12-14(17-10)20(13(18-12)11(2)15)8-7-19-6-5-16-9-19/h3-6,9,11H,7-8H2,1-2H3. The molecule has 0 saturated heterocycles. The highest BCUT2D eigenvalue weighted by Gasteiger charge is 2.15. The van der Waals surface area contributed by atoms with Crippen LogP contribution in [0.3, 0.4) is 0 Å². The van der Waals surface area contributed by atoms with Crippen LogP contribution in [0.1, 0.15) is 23.8 Å². The molecule has 1 atom stereocenters. The lowest BCUT2D eigenvalue weighted by Crippen LogP contribution is -2.10. The van der Waals surface area contributed by atoms with Crippen LogP contribution >= 0.6 is 11.6 Å². The second-order valence-corrected chi connectivity index (χ2v) is 5.49. The Hall–Kier alpha value is -1.88. The van der Waals surface area contributed by atoms with Gasteiger partial charge in [-0.3, -0.25) is 0 Å². The van der Waals surface area contributed by atoms with Gasteiger partial charge in [0, 0.05) is 31.2 Å². The average molecular weight is 290 g/mol. The van der Waals surface area contributed by atoms with E-state index in [2.05, 4.69) is 19.5 Å². The van der Waals surface area contributed by atoms with E-state index in [9.17, 15) is 0 Å². The summed E-state index contributed by atoms with van der Waals surface area (Å²) in [5.41, 5.74) is 2.77. The van der Waals surface area contributed by atoms with E-state index < -0.39 is 0 Å². The molecule has 0 fully saturated rings. The van der Waals surface area contributed by atoms with Gasteiger partial charge in [-0.15, -0.1) is 11.6 Å². The first-order valence-corrected chi connectivity index (χ1v) is 7.02. The minimum absolute atomic E-state index is 0.146. The van der Waals surface area contributed by atoms with Gasteiger partial charge in [0.25, 0.3) is 0 Å². The zero-order chi connectivity index (χ0) is 14.1. The Labute approximate surface area is 122 Å². The van der Waals surface area contributed by atoms with Gasteiger partial charge < -0.3 is 9.13 Å². The number of halogens is 1. The molecule has 3 heterocycles. The summed E-state index contributed by atoms with van der Waals surface area (Å²) in [5.74, 6) is 0.861. The zero-order valence-electron chi connectivity index (χ0n) is 11.5. The molecule has 5 nitrogen and oxygen atoms in total. The molecule has 104 valence electrons. The van der Waals surface area contributed by atoms with Crippen molar-refractivity contribution in [3.05, 3.63) is 42.4 Å². The molecule has 0 saturated carbocycles. The number of aromatic nitrogens is 5. The Balaban J connectivity index is 2.01. The van der Waals surface area contributed by atoms with Crippen LogP contribution < -0.4 is 0 Å². The van der Waals surface area contributed by atoms with Crippen molar-refractivity contribution in [1.82, 2.24) is 24.1 Å². The van der Waals surface area contributed by atoms with Gasteiger partial charge in [-0.2, -0.15) is 0 Å². The van der Waals surface area contributed by atoms with Gasteiger partial charge in [0.05, 0.1) is 11.7 Å². The third kappa shape index (κ3) is 2.41. The summed E-state index contributed by atoms with van der Waals surface area (Å²) >= 11 is 6.25. The van der Waals surface area contributed by atoms with Crippen LogP contribution in [0.2, 0.25) is 0 Å². The summed E-state index contributed by atoms with van der Waals surface area (Å²) < 4.78 is 4.13. The minimum atomic E-state index is -0.146. The second kappa shape index (κ2) is 5.25. The molecule has 6 heteroatoms. The fraction of sp³-hybridized carbons (Fsp3) is 0.357. The predicted molar refractivity (Wildman–Crippen MR) is 78.8 cm³/mol. The summed E-state index contributed by atoms with van der Waals surface area (Å²) in [6.45, 7) is 5.51. The fourth-order valence-electron chi connectivity index (χ4n) is 2.27. The highest BCUT2D eigenvalue weighted by Crippen LogP contribution is 2.23. The van der Waals surface area contributed by atoms with Crippen molar-refractivity contribution in [2.75, 3.05) is 0 Å². The SMILES string of the molecule is Cc1ccc2nc(C(C)Cl)n(CCn3ccnc3)c2n1. The first-order chi connectivity index (χ1) is 9.65. The lowest BCUT2D eigenvalue weighted by atomic mass is 10.3. The molecule has 3 aromatic rings. The third-order valence-electron chi connectivity index (χ3n) is 3.26. The van der Waals surface area contributed by atoms with E-state index in [0.717, 1.165) is 35.8 Å². The van der Waals surface area contributed by atoms with Gasteiger partial charge in [0.2, 0.25) is 0 Å². The van der Waals surface area contributed by atoms with Crippen molar-refractivity contribution in [2.24, 2.45) is 0 Å². The molecule has 0 radical (unpaired) electrons. The maximum atomic E-state index is 6.25. The van der Waals surface area contributed by atoms with E-state index in [1.165, 1.54) is 0 Å². The molecule has 0 bridgehead atoms. The van der Waals surface area contributed by atoms with Crippen LogP contribution in [0.25, 0.3) is 11.2 Å². The maximum Gasteiger partial charge on any atom is 0.160 e. The normalized spacial score (nSPS) is 12.9. The number of pyridine rings is 1.